The zero-order valence-electron chi connectivity index (χ0n) is 14.4. The van der Waals surface area contributed by atoms with Crippen LogP contribution in [0.5, 0.6) is 0 Å². The highest BCUT2D eigenvalue weighted by Gasteiger charge is 2.29. The molecule has 0 aliphatic carbocycles. The topological polar surface area (TPSA) is 84.7 Å². The zero-order chi connectivity index (χ0) is 17.6. The number of aromatic nitrogens is 1. The van der Waals surface area contributed by atoms with Crippen LogP contribution in [0.1, 0.15) is 18.7 Å². The Morgan fingerprint density at radius 2 is 2.28 bits per heavy atom. The molecule has 1 aliphatic rings. The Kier molecular flexibility index (Phi) is 5.65. The number of likely N-dealkylation sites (tertiary alicyclic amines) is 1. The van der Waals surface area contributed by atoms with Gasteiger partial charge in [0.1, 0.15) is 5.52 Å². The van der Waals surface area contributed by atoms with E-state index in [-0.39, 0.29) is 17.7 Å². The minimum Gasteiger partial charge on any atom is -0.441 e. The molecule has 2 amide bonds. The third kappa shape index (κ3) is 4.36. The van der Waals surface area contributed by atoms with Crippen molar-refractivity contribution in [3.8, 4) is 0 Å². The molecule has 3 rings (SSSR count). The summed E-state index contributed by atoms with van der Waals surface area (Å²) in [5.41, 5.74) is 1.58. The molecule has 2 aromatic rings. The van der Waals surface area contributed by atoms with Gasteiger partial charge >= 0.3 is 0 Å². The number of fused-ring (bicyclic) bond motifs is 1. The van der Waals surface area contributed by atoms with Crippen LogP contribution in [0.3, 0.4) is 0 Å². The van der Waals surface area contributed by atoms with Crippen molar-refractivity contribution in [2.24, 2.45) is 5.92 Å². The number of hydrogen-bond donors (Lipinski definition) is 1. The number of oxazole rings is 1. The number of piperidine rings is 1. The second-order valence-corrected chi connectivity index (χ2v) is 6.18. The van der Waals surface area contributed by atoms with Crippen LogP contribution >= 0.6 is 0 Å². The average Bonchev–Trinajstić information content (AvgIpc) is 3.03. The van der Waals surface area contributed by atoms with Crippen LogP contribution < -0.4 is 5.32 Å². The maximum atomic E-state index is 12.4. The summed E-state index contributed by atoms with van der Waals surface area (Å²) in [6.07, 6.45) is 1.55. The monoisotopic (exact) mass is 345 g/mol. The lowest BCUT2D eigenvalue weighted by Gasteiger charge is -2.31. The third-order valence-electron chi connectivity index (χ3n) is 4.41. The van der Waals surface area contributed by atoms with Crippen LogP contribution in [-0.2, 0) is 20.7 Å². The van der Waals surface area contributed by atoms with Crippen molar-refractivity contribution >= 4 is 22.9 Å². The smallest absolute Gasteiger partial charge is 0.224 e. The normalized spacial score (nSPS) is 17.9. The molecular weight excluding hydrogens is 322 g/mol. The number of nitrogens with zero attached hydrogens (tertiary/aromatic N) is 2. The molecule has 1 saturated heterocycles. The van der Waals surface area contributed by atoms with Gasteiger partial charge in [-0.25, -0.2) is 4.98 Å². The van der Waals surface area contributed by atoms with Gasteiger partial charge < -0.3 is 19.4 Å². The number of carbonyl (C=O) groups is 2. The maximum absolute atomic E-state index is 12.4. The summed E-state index contributed by atoms with van der Waals surface area (Å²) in [6.45, 7) is 1.94. The van der Waals surface area contributed by atoms with Gasteiger partial charge in [-0.1, -0.05) is 12.1 Å². The van der Waals surface area contributed by atoms with E-state index >= 15 is 0 Å². The van der Waals surface area contributed by atoms with E-state index < -0.39 is 0 Å². The molecule has 25 heavy (non-hydrogen) atoms. The molecule has 0 bridgehead atoms. The third-order valence-corrected chi connectivity index (χ3v) is 4.41. The molecule has 0 spiro atoms. The minimum absolute atomic E-state index is 0.0222. The summed E-state index contributed by atoms with van der Waals surface area (Å²) >= 11 is 0. The first-order valence-corrected chi connectivity index (χ1v) is 8.56. The lowest BCUT2D eigenvalue weighted by molar-refractivity contribution is -0.138. The van der Waals surface area contributed by atoms with E-state index in [2.05, 4.69) is 10.3 Å². The molecular formula is C18H23N3O4. The van der Waals surface area contributed by atoms with Crippen molar-refractivity contribution in [3.63, 3.8) is 0 Å². The number of para-hydroxylation sites is 2. The molecule has 2 heterocycles. The molecule has 134 valence electrons. The molecule has 1 N–H and O–H groups in total. The van der Waals surface area contributed by atoms with Gasteiger partial charge in [0.2, 0.25) is 11.8 Å². The Morgan fingerprint density at radius 3 is 3.08 bits per heavy atom. The summed E-state index contributed by atoms with van der Waals surface area (Å²) in [7, 11) is 1.60. The second-order valence-electron chi connectivity index (χ2n) is 6.18. The van der Waals surface area contributed by atoms with Gasteiger partial charge in [0.05, 0.1) is 12.5 Å². The Hall–Kier alpha value is -2.41. The zero-order valence-corrected chi connectivity index (χ0v) is 14.4. The van der Waals surface area contributed by atoms with E-state index in [1.807, 2.05) is 24.3 Å². The molecule has 1 fully saturated rings. The maximum Gasteiger partial charge on any atom is 0.224 e. The van der Waals surface area contributed by atoms with Crippen LogP contribution in [0.25, 0.3) is 11.1 Å². The summed E-state index contributed by atoms with van der Waals surface area (Å²) in [5, 5.41) is 2.93. The fraction of sp³-hybridized carbons (Fsp3) is 0.500. The Morgan fingerprint density at radius 1 is 1.44 bits per heavy atom. The predicted molar refractivity (Wildman–Crippen MR) is 91.9 cm³/mol. The first-order valence-electron chi connectivity index (χ1n) is 8.56. The quantitative estimate of drug-likeness (QED) is 0.819. The summed E-state index contributed by atoms with van der Waals surface area (Å²) in [6, 6.07) is 7.58. The summed E-state index contributed by atoms with van der Waals surface area (Å²) < 4.78 is 10.7. The molecule has 7 nitrogen and oxygen atoms in total. The van der Waals surface area contributed by atoms with Crippen LogP contribution in [0, 0.1) is 5.92 Å². The van der Waals surface area contributed by atoms with Crippen LogP contribution in [-0.4, -0.2) is 55.0 Å². The van der Waals surface area contributed by atoms with Gasteiger partial charge in [-0.3, -0.25) is 9.59 Å². The fourth-order valence-corrected chi connectivity index (χ4v) is 3.01. The van der Waals surface area contributed by atoms with E-state index in [0.29, 0.717) is 51.4 Å². The SMILES string of the molecule is COCCN1C[C@H](C(=O)NCCc2nc3ccccc3o2)CCC1=O. The van der Waals surface area contributed by atoms with Crippen molar-refractivity contribution in [2.75, 3.05) is 33.4 Å². The van der Waals surface area contributed by atoms with Gasteiger partial charge in [-0.2, -0.15) is 0 Å². The summed E-state index contributed by atoms with van der Waals surface area (Å²) in [4.78, 5) is 30.3. The highest BCUT2D eigenvalue weighted by atomic mass is 16.5. The lowest BCUT2D eigenvalue weighted by Crippen LogP contribution is -2.47. The van der Waals surface area contributed by atoms with Crippen molar-refractivity contribution in [3.05, 3.63) is 30.2 Å². The number of rotatable bonds is 7. The number of methoxy groups -OCH3 is 1. The van der Waals surface area contributed by atoms with Crippen molar-refractivity contribution in [1.29, 1.82) is 0 Å². The van der Waals surface area contributed by atoms with Crippen molar-refractivity contribution in [1.82, 2.24) is 15.2 Å². The molecule has 0 radical (unpaired) electrons. The van der Waals surface area contributed by atoms with Crippen LogP contribution in [0.4, 0.5) is 0 Å². The van der Waals surface area contributed by atoms with Gasteiger partial charge in [-0.15, -0.1) is 0 Å². The number of hydrogen-bond acceptors (Lipinski definition) is 5. The van der Waals surface area contributed by atoms with E-state index in [9.17, 15) is 9.59 Å². The molecule has 0 saturated carbocycles. The first-order chi connectivity index (χ1) is 12.2. The van der Waals surface area contributed by atoms with E-state index in [1.54, 1.807) is 12.0 Å². The second kappa shape index (κ2) is 8.11. The Bertz CT molecular complexity index is 710. The molecule has 7 heteroatoms. The molecule has 1 aliphatic heterocycles. The van der Waals surface area contributed by atoms with E-state index in [1.165, 1.54) is 0 Å². The van der Waals surface area contributed by atoms with Gasteiger partial charge in [0.25, 0.3) is 0 Å². The highest BCUT2D eigenvalue weighted by molar-refractivity contribution is 5.83. The van der Waals surface area contributed by atoms with Gasteiger partial charge in [0, 0.05) is 39.6 Å². The molecule has 1 aromatic heterocycles. The standard InChI is InChI=1S/C18H23N3O4/c1-24-11-10-21-12-13(6-7-17(21)22)18(23)19-9-8-16-20-14-4-2-3-5-15(14)25-16/h2-5,13H,6-12H2,1H3,(H,19,23)/t13-/m1/s1. The van der Waals surface area contributed by atoms with Crippen molar-refractivity contribution in [2.45, 2.75) is 19.3 Å². The van der Waals surface area contributed by atoms with Gasteiger partial charge in [0.15, 0.2) is 11.5 Å². The number of ether oxygens (including phenoxy) is 1. The highest BCUT2D eigenvalue weighted by Crippen LogP contribution is 2.18. The van der Waals surface area contributed by atoms with Gasteiger partial charge in [-0.05, 0) is 18.6 Å². The van der Waals surface area contributed by atoms with Crippen LogP contribution in [0.15, 0.2) is 28.7 Å². The van der Waals surface area contributed by atoms with Crippen molar-refractivity contribution < 1.29 is 18.7 Å². The number of benzene rings is 1. The fourth-order valence-electron chi connectivity index (χ4n) is 3.01. The summed E-state index contributed by atoms with van der Waals surface area (Å²) in [5.74, 6) is 0.513. The predicted octanol–water partition coefficient (Wildman–Crippen LogP) is 1.37. The number of amides is 2. The number of nitrogens with one attached hydrogen (secondary N) is 1. The van der Waals surface area contributed by atoms with E-state index in [4.69, 9.17) is 9.15 Å². The number of carbonyl (C=O) groups excluding carboxylic acids is 2. The largest absolute Gasteiger partial charge is 0.441 e. The lowest BCUT2D eigenvalue weighted by atomic mass is 9.96. The molecule has 1 atom stereocenters. The average molecular weight is 345 g/mol. The van der Waals surface area contributed by atoms with E-state index in [0.717, 1.165) is 11.1 Å². The Balaban J connectivity index is 1.47. The minimum atomic E-state index is -0.168. The molecule has 1 aromatic carbocycles. The first kappa shape index (κ1) is 17.4. The Labute approximate surface area is 146 Å². The van der Waals surface area contributed by atoms with Crippen LogP contribution in [0.2, 0.25) is 0 Å². The molecule has 0 unspecified atom stereocenters.